The molecule has 0 spiro atoms. The Kier molecular flexibility index (Phi) is 7.43. The zero-order valence-electron chi connectivity index (χ0n) is 14.6. The van der Waals surface area contributed by atoms with Crippen molar-refractivity contribution >= 4 is 40.6 Å². The Morgan fingerprint density at radius 1 is 1.00 bits per heavy atom. The molecule has 0 unspecified atom stereocenters. The highest BCUT2D eigenvalue weighted by atomic mass is 35.5. The number of nitrogens with two attached hydrogens (primary N) is 1. The molecule has 1 heterocycles. The van der Waals surface area contributed by atoms with Crippen molar-refractivity contribution < 1.29 is 26.6 Å². The monoisotopic (exact) mass is 421 g/mol. The molecule has 0 radical (unpaired) electrons. The number of nitrogens with one attached hydrogen (secondary N) is 4. The van der Waals surface area contributed by atoms with E-state index in [1.165, 1.54) is 12.1 Å². The van der Waals surface area contributed by atoms with E-state index in [0.717, 1.165) is 5.56 Å². The third-order valence-corrected chi connectivity index (χ3v) is 3.97. The number of rotatable bonds is 5. The van der Waals surface area contributed by atoms with Crippen LogP contribution in [0.25, 0.3) is 0 Å². The number of halogens is 3. The number of urea groups is 1. The zero-order valence-corrected chi connectivity index (χ0v) is 16.1. The Balaban J connectivity index is 0.00000280. The van der Waals surface area contributed by atoms with E-state index >= 15 is 0 Å². The molecule has 6 N–H and O–H groups in total. The summed E-state index contributed by atoms with van der Waals surface area (Å²) >= 11 is 5.81. The Bertz CT molecular complexity index is 936. The number of aromatic amines is 1. The second kappa shape index (κ2) is 9.77. The van der Waals surface area contributed by atoms with Crippen molar-refractivity contribution in [3.63, 3.8) is 0 Å². The second-order valence-corrected chi connectivity index (χ2v) is 6.20. The van der Waals surface area contributed by atoms with Gasteiger partial charge in [-0.2, -0.15) is 0 Å². The molecule has 0 aliphatic rings. The summed E-state index contributed by atoms with van der Waals surface area (Å²) in [5.41, 5.74) is 7.94. The van der Waals surface area contributed by atoms with Crippen molar-refractivity contribution in [1.82, 2.24) is 0 Å². The molecular formula is C19H18Cl2FN5O. The average Bonchev–Trinajstić information content (AvgIpc) is 2.65. The smallest absolute Gasteiger partial charge is 0.323 e. The number of H-pyrrole nitrogens is 1. The summed E-state index contributed by atoms with van der Waals surface area (Å²) in [7, 11) is 0. The van der Waals surface area contributed by atoms with Gasteiger partial charge < -0.3 is 34.1 Å². The van der Waals surface area contributed by atoms with Crippen LogP contribution in [0.1, 0.15) is 5.56 Å². The van der Waals surface area contributed by atoms with E-state index in [1.54, 1.807) is 48.5 Å². The molecule has 0 saturated heterocycles. The average molecular weight is 422 g/mol. The molecule has 146 valence electrons. The molecule has 1 aromatic heterocycles. The number of hydrogen-bond donors (Lipinski definition) is 4. The van der Waals surface area contributed by atoms with Crippen molar-refractivity contribution in [2.24, 2.45) is 0 Å². The summed E-state index contributed by atoms with van der Waals surface area (Å²) in [4.78, 5) is 15.0. The lowest BCUT2D eigenvalue weighted by atomic mass is 10.2. The number of benzene rings is 2. The minimum atomic E-state index is -0.426. The number of carbonyl (C=O) groups is 1. The second-order valence-electron chi connectivity index (χ2n) is 5.77. The number of nitrogen functional groups attached to an aromatic ring is 1. The number of amides is 2. The van der Waals surface area contributed by atoms with Crippen LogP contribution in [0, 0.1) is 5.82 Å². The van der Waals surface area contributed by atoms with Gasteiger partial charge in [-0.3, -0.25) is 0 Å². The van der Waals surface area contributed by atoms with Crippen molar-refractivity contribution in [1.29, 1.82) is 0 Å². The van der Waals surface area contributed by atoms with Crippen molar-refractivity contribution in [2.45, 2.75) is 6.54 Å². The fourth-order valence-corrected chi connectivity index (χ4v) is 2.47. The molecule has 3 aromatic rings. The molecule has 0 aliphatic carbocycles. The van der Waals surface area contributed by atoms with Crippen LogP contribution < -0.4 is 39.1 Å². The van der Waals surface area contributed by atoms with Crippen LogP contribution >= 0.6 is 11.6 Å². The van der Waals surface area contributed by atoms with E-state index in [4.69, 9.17) is 17.3 Å². The van der Waals surface area contributed by atoms with Gasteiger partial charge in [0.15, 0.2) is 0 Å². The van der Waals surface area contributed by atoms with Gasteiger partial charge in [0.05, 0.1) is 6.54 Å². The van der Waals surface area contributed by atoms with Crippen molar-refractivity contribution in [2.75, 3.05) is 21.7 Å². The third kappa shape index (κ3) is 6.00. The summed E-state index contributed by atoms with van der Waals surface area (Å²) in [6.45, 7) is 0.500. The maximum absolute atomic E-state index is 12.9. The largest absolute Gasteiger partial charge is 1.00 e. The van der Waals surface area contributed by atoms with Crippen LogP contribution in [-0.4, -0.2) is 6.03 Å². The molecule has 0 aliphatic heterocycles. The lowest BCUT2D eigenvalue weighted by Gasteiger charge is -2.09. The fraction of sp³-hybridized carbons (Fsp3) is 0.0526. The van der Waals surface area contributed by atoms with E-state index in [-0.39, 0.29) is 18.2 Å². The summed E-state index contributed by atoms with van der Waals surface area (Å²) in [6.07, 6.45) is 0. The molecule has 9 heteroatoms. The molecule has 6 nitrogen and oxygen atoms in total. The maximum atomic E-state index is 12.9. The highest BCUT2D eigenvalue weighted by Gasteiger charge is 2.10. The SMILES string of the molecule is Nc1[nH+]c(NCc2ccc(F)cc2)ccc1NC(=O)Nc1ccc(Cl)cc1.[Cl-]. The van der Waals surface area contributed by atoms with Crippen LogP contribution in [-0.2, 0) is 6.54 Å². The topological polar surface area (TPSA) is 93.3 Å². The number of carbonyl (C=O) groups excluding carboxylic acids is 1. The van der Waals surface area contributed by atoms with Crippen molar-refractivity contribution in [3.05, 3.63) is 77.1 Å². The quantitative estimate of drug-likeness (QED) is 0.497. The summed E-state index contributed by atoms with van der Waals surface area (Å²) in [5, 5.41) is 9.09. The summed E-state index contributed by atoms with van der Waals surface area (Å²) in [5.74, 6) is 0.688. The first-order chi connectivity index (χ1) is 13.0. The number of aromatic nitrogens is 1. The van der Waals surface area contributed by atoms with E-state index in [9.17, 15) is 9.18 Å². The van der Waals surface area contributed by atoms with Gasteiger partial charge in [-0.15, -0.1) is 0 Å². The van der Waals surface area contributed by atoms with Crippen LogP contribution in [0.15, 0.2) is 60.7 Å². The van der Waals surface area contributed by atoms with E-state index in [2.05, 4.69) is 20.9 Å². The predicted octanol–water partition coefficient (Wildman–Crippen LogP) is 1.14. The van der Waals surface area contributed by atoms with Gasteiger partial charge in [-0.25, -0.2) is 14.2 Å². The molecule has 0 atom stereocenters. The van der Waals surface area contributed by atoms with E-state index in [0.29, 0.717) is 34.6 Å². The molecule has 2 aromatic carbocycles. The molecule has 0 bridgehead atoms. The molecule has 2 amide bonds. The minimum absolute atomic E-state index is 0. The van der Waals surface area contributed by atoms with Crippen LogP contribution in [0.2, 0.25) is 5.02 Å². The standard InChI is InChI=1S/C19H17ClFN5O.ClH/c20-13-3-7-15(8-4-13)24-19(27)25-16-9-10-17(26-18(16)22)23-11-12-1-5-14(21)6-2-12;/h1-10H,11H2,(H3,22,23,26)(H2,24,25,27);1H. The number of anilines is 4. The normalized spacial score (nSPS) is 9.93. The van der Waals surface area contributed by atoms with Crippen molar-refractivity contribution in [3.8, 4) is 0 Å². The Hall–Kier alpha value is -3.03. The van der Waals surface area contributed by atoms with Gasteiger partial charge >= 0.3 is 6.03 Å². The lowest BCUT2D eigenvalue weighted by molar-refractivity contribution is -0.342. The van der Waals surface area contributed by atoms with Crippen LogP contribution in [0.3, 0.4) is 0 Å². The Labute approximate surface area is 172 Å². The number of pyridine rings is 1. The highest BCUT2D eigenvalue weighted by Crippen LogP contribution is 2.17. The fourth-order valence-electron chi connectivity index (χ4n) is 2.34. The van der Waals surface area contributed by atoms with E-state index < -0.39 is 6.03 Å². The van der Waals surface area contributed by atoms with Gasteiger partial charge in [0.1, 0.15) is 11.5 Å². The Morgan fingerprint density at radius 3 is 2.32 bits per heavy atom. The maximum Gasteiger partial charge on any atom is 0.323 e. The minimum Gasteiger partial charge on any atom is -1.00 e. The molecule has 0 fully saturated rings. The van der Waals surface area contributed by atoms with Gasteiger partial charge in [-0.1, -0.05) is 23.7 Å². The summed E-state index contributed by atoms with van der Waals surface area (Å²) in [6, 6.07) is 16.0. The lowest BCUT2D eigenvalue weighted by Crippen LogP contribution is -3.00. The molecule has 0 saturated carbocycles. The predicted molar refractivity (Wildman–Crippen MR) is 105 cm³/mol. The van der Waals surface area contributed by atoms with Gasteiger partial charge in [0, 0.05) is 16.8 Å². The molecule has 3 rings (SSSR count). The first-order valence-electron chi connectivity index (χ1n) is 8.13. The summed E-state index contributed by atoms with van der Waals surface area (Å²) < 4.78 is 12.9. The first kappa shape index (κ1) is 21.3. The van der Waals surface area contributed by atoms with Crippen LogP contribution in [0.4, 0.5) is 32.2 Å². The Morgan fingerprint density at radius 2 is 1.68 bits per heavy atom. The zero-order chi connectivity index (χ0) is 19.2. The molecular weight excluding hydrogens is 404 g/mol. The third-order valence-electron chi connectivity index (χ3n) is 3.72. The number of hydrogen-bond acceptors (Lipinski definition) is 3. The highest BCUT2D eigenvalue weighted by molar-refractivity contribution is 6.30. The van der Waals surface area contributed by atoms with E-state index in [1.807, 2.05) is 0 Å². The van der Waals surface area contributed by atoms with Gasteiger partial charge in [-0.05, 0) is 48.0 Å². The first-order valence-corrected chi connectivity index (χ1v) is 8.51. The van der Waals surface area contributed by atoms with Gasteiger partial charge in [0.2, 0.25) is 11.6 Å². The molecule has 28 heavy (non-hydrogen) atoms. The van der Waals surface area contributed by atoms with Crippen LogP contribution in [0.5, 0.6) is 0 Å². The van der Waals surface area contributed by atoms with Gasteiger partial charge in [0.25, 0.3) is 0 Å².